The van der Waals surface area contributed by atoms with Gasteiger partial charge in [-0.3, -0.25) is 4.79 Å². The first-order valence-corrected chi connectivity index (χ1v) is 7.21. The van der Waals surface area contributed by atoms with Gasteiger partial charge >= 0.3 is 0 Å². The van der Waals surface area contributed by atoms with Crippen molar-refractivity contribution in [3.63, 3.8) is 0 Å². The highest BCUT2D eigenvalue weighted by atomic mass is 16.2. The van der Waals surface area contributed by atoms with Crippen molar-refractivity contribution in [1.29, 1.82) is 0 Å². The molecule has 2 nitrogen and oxygen atoms in total. The Balaban J connectivity index is 2.35. The van der Waals surface area contributed by atoms with Crippen LogP contribution in [-0.2, 0) is 5.41 Å². The zero-order chi connectivity index (χ0) is 15.6. The van der Waals surface area contributed by atoms with E-state index in [4.69, 9.17) is 0 Å². The first-order chi connectivity index (χ1) is 9.79. The Morgan fingerprint density at radius 1 is 0.905 bits per heavy atom. The van der Waals surface area contributed by atoms with Crippen molar-refractivity contribution in [1.82, 2.24) is 4.90 Å². The Hall–Kier alpha value is -2.09. The number of hydrogen-bond acceptors (Lipinski definition) is 1. The molecule has 21 heavy (non-hydrogen) atoms. The molecule has 0 unspecified atom stereocenters. The molecule has 0 saturated heterocycles. The third-order valence-corrected chi connectivity index (χ3v) is 3.60. The summed E-state index contributed by atoms with van der Waals surface area (Å²) in [7, 11) is 3.54. The Kier molecular flexibility index (Phi) is 4.17. The van der Waals surface area contributed by atoms with Gasteiger partial charge in [0.05, 0.1) is 0 Å². The van der Waals surface area contributed by atoms with Crippen molar-refractivity contribution >= 4 is 5.91 Å². The highest BCUT2D eigenvalue weighted by Crippen LogP contribution is 2.26. The van der Waals surface area contributed by atoms with Crippen LogP contribution in [0.25, 0.3) is 11.1 Å². The van der Waals surface area contributed by atoms with Crippen molar-refractivity contribution in [3.05, 3.63) is 59.7 Å². The van der Waals surface area contributed by atoms with Crippen LogP contribution >= 0.6 is 0 Å². The maximum absolute atomic E-state index is 12.0. The van der Waals surface area contributed by atoms with Crippen molar-refractivity contribution in [2.24, 2.45) is 0 Å². The third kappa shape index (κ3) is 3.52. The molecule has 0 saturated carbocycles. The Morgan fingerprint density at radius 3 is 2.05 bits per heavy atom. The van der Waals surface area contributed by atoms with E-state index >= 15 is 0 Å². The van der Waals surface area contributed by atoms with E-state index in [9.17, 15) is 4.79 Å². The average Bonchev–Trinajstić information content (AvgIpc) is 2.46. The molecule has 0 bridgehead atoms. The van der Waals surface area contributed by atoms with E-state index in [2.05, 4.69) is 45.0 Å². The van der Waals surface area contributed by atoms with Crippen LogP contribution in [0, 0.1) is 0 Å². The highest BCUT2D eigenvalue weighted by Gasteiger charge is 2.13. The van der Waals surface area contributed by atoms with Crippen LogP contribution in [0.15, 0.2) is 48.5 Å². The zero-order valence-corrected chi connectivity index (χ0v) is 13.5. The number of carbonyl (C=O) groups excluding carboxylic acids is 1. The highest BCUT2D eigenvalue weighted by molar-refractivity contribution is 5.95. The van der Waals surface area contributed by atoms with Crippen molar-refractivity contribution in [2.75, 3.05) is 14.1 Å². The predicted octanol–water partition coefficient (Wildman–Crippen LogP) is 4.35. The molecule has 0 fully saturated rings. The number of carbonyl (C=O) groups is 1. The molecule has 0 aliphatic heterocycles. The van der Waals surface area contributed by atoms with Crippen molar-refractivity contribution < 1.29 is 4.79 Å². The van der Waals surface area contributed by atoms with Crippen LogP contribution < -0.4 is 0 Å². The summed E-state index contributed by atoms with van der Waals surface area (Å²) in [6.45, 7) is 6.62. The number of hydrogen-bond donors (Lipinski definition) is 0. The summed E-state index contributed by atoms with van der Waals surface area (Å²) in [6.07, 6.45) is 0. The quantitative estimate of drug-likeness (QED) is 0.801. The molecule has 0 atom stereocenters. The third-order valence-electron chi connectivity index (χ3n) is 3.60. The molecule has 0 aromatic heterocycles. The Labute approximate surface area is 127 Å². The monoisotopic (exact) mass is 281 g/mol. The Bertz CT molecular complexity index is 633. The van der Waals surface area contributed by atoms with E-state index in [1.807, 2.05) is 24.3 Å². The summed E-state index contributed by atoms with van der Waals surface area (Å²) in [6, 6.07) is 16.4. The fourth-order valence-electron chi connectivity index (χ4n) is 2.25. The second kappa shape index (κ2) is 5.72. The molecular formula is C19H23NO. The standard InChI is InChI=1S/C19H23NO/c1-19(2,3)17-11-9-14(10-12-17)15-7-6-8-16(13-15)18(21)20(4)5/h6-13H,1-5H3. The Morgan fingerprint density at radius 2 is 1.52 bits per heavy atom. The van der Waals surface area contributed by atoms with Crippen molar-refractivity contribution in [2.45, 2.75) is 26.2 Å². The van der Waals surface area contributed by atoms with Gasteiger partial charge in [-0.1, -0.05) is 57.2 Å². The molecule has 0 spiro atoms. The molecule has 0 radical (unpaired) electrons. The molecule has 2 heteroatoms. The van der Waals surface area contributed by atoms with Gasteiger partial charge in [0.15, 0.2) is 0 Å². The first kappa shape index (κ1) is 15.3. The second-order valence-electron chi connectivity index (χ2n) is 6.61. The fraction of sp³-hybridized carbons (Fsp3) is 0.316. The maximum Gasteiger partial charge on any atom is 0.253 e. The van der Waals surface area contributed by atoms with Crippen LogP contribution in [0.3, 0.4) is 0 Å². The smallest absolute Gasteiger partial charge is 0.253 e. The fourth-order valence-corrected chi connectivity index (χ4v) is 2.25. The molecular weight excluding hydrogens is 258 g/mol. The summed E-state index contributed by atoms with van der Waals surface area (Å²) < 4.78 is 0. The van der Waals surface area contributed by atoms with E-state index in [-0.39, 0.29) is 11.3 Å². The lowest BCUT2D eigenvalue weighted by molar-refractivity contribution is 0.0827. The van der Waals surface area contributed by atoms with Gasteiger partial charge in [0.2, 0.25) is 0 Å². The van der Waals surface area contributed by atoms with Crippen LogP contribution in [0.1, 0.15) is 36.7 Å². The minimum atomic E-state index is 0.0307. The van der Waals surface area contributed by atoms with E-state index in [1.54, 1.807) is 19.0 Å². The van der Waals surface area contributed by atoms with Gasteiger partial charge in [-0.15, -0.1) is 0 Å². The average molecular weight is 281 g/mol. The molecule has 0 N–H and O–H groups in total. The topological polar surface area (TPSA) is 20.3 Å². The number of rotatable bonds is 2. The molecule has 0 aliphatic carbocycles. The molecule has 2 aromatic rings. The van der Waals surface area contributed by atoms with E-state index < -0.39 is 0 Å². The zero-order valence-electron chi connectivity index (χ0n) is 13.5. The van der Waals surface area contributed by atoms with E-state index in [0.29, 0.717) is 0 Å². The first-order valence-electron chi connectivity index (χ1n) is 7.21. The van der Waals surface area contributed by atoms with E-state index in [0.717, 1.165) is 16.7 Å². The van der Waals surface area contributed by atoms with Gasteiger partial charge in [-0.2, -0.15) is 0 Å². The summed E-state index contributed by atoms with van der Waals surface area (Å²) in [5.41, 5.74) is 4.39. The predicted molar refractivity (Wildman–Crippen MR) is 88.6 cm³/mol. The van der Waals surface area contributed by atoms with Gasteiger partial charge in [0, 0.05) is 19.7 Å². The largest absolute Gasteiger partial charge is 0.345 e. The molecule has 1 amide bonds. The van der Waals surface area contributed by atoms with Gasteiger partial charge in [-0.05, 0) is 34.2 Å². The maximum atomic E-state index is 12.0. The van der Waals surface area contributed by atoms with E-state index in [1.165, 1.54) is 5.56 Å². The molecule has 2 rings (SSSR count). The molecule has 0 heterocycles. The lowest BCUT2D eigenvalue weighted by Gasteiger charge is -2.19. The number of amides is 1. The molecule has 2 aromatic carbocycles. The van der Waals surface area contributed by atoms with Gasteiger partial charge in [0.25, 0.3) is 5.91 Å². The summed E-state index contributed by atoms with van der Waals surface area (Å²) in [4.78, 5) is 13.6. The lowest BCUT2D eigenvalue weighted by Crippen LogP contribution is -2.21. The van der Waals surface area contributed by atoms with Gasteiger partial charge < -0.3 is 4.90 Å². The summed E-state index contributed by atoms with van der Waals surface area (Å²) in [5, 5.41) is 0. The molecule has 110 valence electrons. The van der Waals surface area contributed by atoms with Crippen LogP contribution in [0.4, 0.5) is 0 Å². The van der Waals surface area contributed by atoms with Crippen LogP contribution in [0.2, 0.25) is 0 Å². The normalized spacial score (nSPS) is 11.3. The van der Waals surface area contributed by atoms with Gasteiger partial charge in [0.1, 0.15) is 0 Å². The second-order valence-corrected chi connectivity index (χ2v) is 6.61. The molecule has 0 aliphatic rings. The summed E-state index contributed by atoms with van der Waals surface area (Å²) >= 11 is 0. The minimum Gasteiger partial charge on any atom is -0.345 e. The minimum absolute atomic E-state index is 0.0307. The number of benzene rings is 2. The van der Waals surface area contributed by atoms with Gasteiger partial charge in [-0.25, -0.2) is 0 Å². The van der Waals surface area contributed by atoms with Crippen LogP contribution in [0.5, 0.6) is 0 Å². The SMILES string of the molecule is CN(C)C(=O)c1cccc(-c2ccc(C(C)(C)C)cc2)c1. The van der Waals surface area contributed by atoms with Crippen molar-refractivity contribution in [3.8, 4) is 11.1 Å². The lowest BCUT2D eigenvalue weighted by atomic mass is 9.86. The van der Waals surface area contributed by atoms with Crippen LogP contribution in [-0.4, -0.2) is 24.9 Å². The number of nitrogens with zero attached hydrogens (tertiary/aromatic N) is 1. The summed E-state index contributed by atoms with van der Waals surface area (Å²) in [5.74, 6) is 0.0307.